The summed E-state index contributed by atoms with van der Waals surface area (Å²) in [5.74, 6) is 1.97. The van der Waals surface area contributed by atoms with E-state index in [9.17, 15) is 0 Å². The summed E-state index contributed by atoms with van der Waals surface area (Å²) in [6, 6.07) is 19.5. The molecular weight excluding hydrogens is 336 g/mol. The Balaban J connectivity index is 1.71. The van der Waals surface area contributed by atoms with E-state index in [0.717, 1.165) is 16.9 Å². The van der Waals surface area contributed by atoms with Crippen LogP contribution in [0.3, 0.4) is 0 Å². The van der Waals surface area contributed by atoms with Gasteiger partial charge in [-0.05, 0) is 35.4 Å². The molecule has 0 saturated carbocycles. The summed E-state index contributed by atoms with van der Waals surface area (Å²) in [6.07, 6.45) is 1.75. The van der Waals surface area contributed by atoms with E-state index in [2.05, 4.69) is 10.3 Å². The van der Waals surface area contributed by atoms with Crippen LogP contribution in [0.15, 0.2) is 66.9 Å². The minimum atomic E-state index is 0.433. The first-order chi connectivity index (χ1) is 12.3. The summed E-state index contributed by atoms with van der Waals surface area (Å²) < 4.78 is 11.3. The van der Waals surface area contributed by atoms with Crippen LogP contribution in [0.25, 0.3) is 0 Å². The molecule has 0 spiro atoms. The zero-order valence-electron chi connectivity index (χ0n) is 13.9. The summed E-state index contributed by atoms with van der Waals surface area (Å²) in [5.41, 5.74) is 2.06. The van der Waals surface area contributed by atoms with E-state index < -0.39 is 0 Å². The van der Waals surface area contributed by atoms with E-state index in [-0.39, 0.29) is 0 Å². The Hall–Kier alpha value is -2.72. The van der Waals surface area contributed by atoms with Gasteiger partial charge in [0.05, 0.1) is 12.1 Å². The van der Waals surface area contributed by atoms with Crippen LogP contribution in [0, 0.1) is 0 Å². The lowest BCUT2D eigenvalue weighted by atomic mass is 10.2. The molecule has 2 aromatic carbocycles. The third-order valence-electron chi connectivity index (χ3n) is 3.65. The third-order valence-corrected chi connectivity index (χ3v) is 3.93. The van der Waals surface area contributed by atoms with Crippen molar-refractivity contribution in [3.05, 3.63) is 83.0 Å². The standard InChI is InChI=1S/C20H19ClN2O2/c1-24-18-12-16(13-23-19-9-5-6-10-22-19)11-17(21)20(18)25-14-15-7-3-2-4-8-15/h2-12H,13-14H2,1H3,(H,22,23). The fourth-order valence-electron chi connectivity index (χ4n) is 2.41. The van der Waals surface area contributed by atoms with Gasteiger partial charge in [-0.1, -0.05) is 48.0 Å². The summed E-state index contributed by atoms with van der Waals surface area (Å²) >= 11 is 6.41. The van der Waals surface area contributed by atoms with E-state index in [1.165, 1.54) is 0 Å². The molecule has 0 fully saturated rings. The average Bonchev–Trinajstić information content (AvgIpc) is 2.66. The number of anilines is 1. The van der Waals surface area contributed by atoms with Gasteiger partial charge in [-0.25, -0.2) is 4.98 Å². The van der Waals surface area contributed by atoms with Crippen LogP contribution in [-0.2, 0) is 13.2 Å². The first-order valence-electron chi connectivity index (χ1n) is 7.94. The van der Waals surface area contributed by atoms with Crippen LogP contribution < -0.4 is 14.8 Å². The predicted octanol–water partition coefficient (Wildman–Crippen LogP) is 4.93. The molecular formula is C20H19ClN2O2. The lowest BCUT2D eigenvalue weighted by molar-refractivity contribution is 0.284. The number of rotatable bonds is 7. The fraction of sp³-hybridized carbons (Fsp3) is 0.150. The van der Waals surface area contributed by atoms with Gasteiger partial charge in [0.25, 0.3) is 0 Å². The Morgan fingerprint density at radius 3 is 2.52 bits per heavy atom. The molecule has 0 atom stereocenters. The van der Waals surface area contributed by atoms with Crippen LogP contribution in [0.2, 0.25) is 5.02 Å². The molecule has 3 rings (SSSR count). The highest BCUT2D eigenvalue weighted by molar-refractivity contribution is 6.32. The molecule has 0 bridgehead atoms. The van der Waals surface area contributed by atoms with Gasteiger partial charge in [-0.2, -0.15) is 0 Å². The highest BCUT2D eigenvalue weighted by Gasteiger charge is 2.12. The Kier molecular flexibility index (Phi) is 5.75. The Labute approximate surface area is 152 Å². The van der Waals surface area contributed by atoms with E-state index in [1.807, 2.05) is 60.7 Å². The Bertz CT molecular complexity index is 811. The van der Waals surface area contributed by atoms with Gasteiger partial charge < -0.3 is 14.8 Å². The summed E-state index contributed by atoms with van der Waals surface area (Å²) in [6.45, 7) is 1.02. The third kappa shape index (κ3) is 4.64. The molecule has 1 heterocycles. The second-order valence-corrected chi connectivity index (χ2v) is 5.86. The number of nitrogens with one attached hydrogen (secondary N) is 1. The van der Waals surface area contributed by atoms with Gasteiger partial charge in [-0.3, -0.25) is 0 Å². The van der Waals surface area contributed by atoms with Crippen molar-refractivity contribution in [3.63, 3.8) is 0 Å². The molecule has 0 aliphatic carbocycles. The number of hydrogen-bond donors (Lipinski definition) is 1. The first kappa shape index (κ1) is 17.1. The minimum absolute atomic E-state index is 0.433. The number of aromatic nitrogens is 1. The van der Waals surface area contributed by atoms with Crippen LogP contribution in [-0.4, -0.2) is 12.1 Å². The summed E-state index contributed by atoms with van der Waals surface area (Å²) in [4.78, 5) is 4.24. The number of halogens is 1. The van der Waals surface area contributed by atoms with Gasteiger partial charge in [0.1, 0.15) is 12.4 Å². The second-order valence-electron chi connectivity index (χ2n) is 5.45. The van der Waals surface area contributed by atoms with Crippen molar-refractivity contribution < 1.29 is 9.47 Å². The van der Waals surface area contributed by atoms with Crippen molar-refractivity contribution in [1.29, 1.82) is 0 Å². The minimum Gasteiger partial charge on any atom is -0.493 e. The topological polar surface area (TPSA) is 43.4 Å². The first-order valence-corrected chi connectivity index (χ1v) is 8.32. The van der Waals surface area contributed by atoms with Gasteiger partial charge >= 0.3 is 0 Å². The molecule has 0 amide bonds. The largest absolute Gasteiger partial charge is 0.493 e. The molecule has 0 aliphatic heterocycles. The van der Waals surface area contributed by atoms with Crippen molar-refractivity contribution in [3.8, 4) is 11.5 Å². The van der Waals surface area contributed by atoms with E-state index in [0.29, 0.717) is 29.7 Å². The van der Waals surface area contributed by atoms with Crippen molar-refractivity contribution in [2.45, 2.75) is 13.2 Å². The monoisotopic (exact) mass is 354 g/mol. The number of ether oxygens (including phenoxy) is 2. The lowest BCUT2D eigenvalue weighted by Crippen LogP contribution is -2.03. The lowest BCUT2D eigenvalue weighted by Gasteiger charge is -2.15. The van der Waals surface area contributed by atoms with Crippen LogP contribution >= 0.6 is 11.6 Å². The molecule has 1 N–H and O–H groups in total. The van der Waals surface area contributed by atoms with Crippen molar-refractivity contribution in [1.82, 2.24) is 4.98 Å². The van der Waals surface area contributed by atoms with Crippen molar-refractivity contribution in [2.75, 3.05) is 12.4 Å². The SMILES string of the molecule is COc1cc(CNc2ccccn2)cc(Cl)c1OCc1ccccc1. The van der Waals surface area contributed by atoms with Crippen molar-refractivity contribution in [2.24, 2.45) is 0 Å². The van der Waals surface area contributed by atoms with E-state index >= 15 is 0 Å². The molecule has 128 valence electrons. The Morgan fingerprint density at radius 1 is 1.00 bits per heavy atom. The zero-order chi connectivity index (χ0) is 17.5. The van der Waals surface area contributed by atoms with Gasteiger partial charge in [0.15, 0.2) is 11.5 Å². The normalized spacial score (nSPS) is 10.3. The molecule has 3 aromatic rings. The van der Waals surface area contributed by atoms with E-state index in [1.54, 1.807) is 13.3 Å². The van der Waals surface area contributed by atoms with E-state index in [4.69, 9.17) is 21.1 Å². The second kappa shape index (κ2) is 8.40. The molecule has 0 aliphatic rings. The molecule has 1 aromatic heterocycles. The number of nitrogens with zero attached hydrogens (tertiary/aromatic N) is 1. The van der Waals surface area contributed by atoms with Crippen LogP contribution in [0.1, 0.15) is 11.1 Å². The molecule has 25 heavy (non-hydrogen) atoms. The average molecular weight is 355 g/mol. The maximum absolute atomic E-state index is 6.41. The van der Waals surface area contributed by atoms with Crippen LogP contribution in [0.4, 0.5) is 5.82 Å². The molecule has 4 nitrogen and oxygen atoms in total. The van der Waals surface area contributed by atoms with Crippen LogP contribution in [0.5, 0.6) is 11.5 Å². The Morgan fingerprint density at radius 2 is 1.80 bits per heavy atom. The quantitative estimate of drug-likeness (QED) is 0.653. The molecule has 0 unspecified atom stereocenters. The maximum Gasteiger partial charge on any atom is 0.180 e. The number of hydrogen-bond acceptors (Lipinski definition) is 4. The number of pyridine rings is 1. The number of benzene rings is 2. The van der Waals surface area contributed by atoms with Gasteiger partial charge in [-0.15, -0.1) is 0 Å². The smallest absolute Gasteiger partial charge is 0.180 e. The molecule has 5 heteroatoms. The zero-order valence-corrected chi connectivity index (χ0v) is 14.7. The molecule has 0 saturated heterocycles. The molecule has 0 radical (unpaired) electrons. The predicted molar refractivity (Wildman–Crippen MR) is 100 cm³/mol. The maximum atomic E-state index is 6.41. The summed E-state index contributed by atoms with van der Waals surface area (Å²) in [5, 5.41) is 3.77. The number of methoxy groups -OCH3 is 1. The van der Waals surface area contributed by atoms with Crippen molar-refractivity contribution >= 4 is 17.4 Å². The van der Waals surface area contributed by atoms with Gasteiger partial charge in [0.2, 0.25) is 0 Å². The van der Waals surface area contributed by atoms with Gasteiger partial charge in [0, 0.05) is 12.7 Å². The summed E-state index contributed by atoms with van der Waals surface area (Å²) in [7, 11) is 1.61. The highest BCUT2D eigenvalue weighted by Crippen LogP contribution is 2.37. The highest BCUT2D eigenvalue weighted by atomic mass is 35.5. The fourth-order valence-corrected chi connectivity index (χ4v) is 2.69.